The molecule has 0 saturated carbocycles. The maximum absolute atomic E-state index is 12.1. The summed E-state index contributed by atoms with van der Waals surface area (Å²) in [5, 5.41) is 18.9. The van der Waals surface area contributed by atoms with E-state index in [0.717, 1.165) is 69.0 Å². The summed E-state index contributed by atoms with van der Waals surface area (Å²) in [6.07, 6.45) is 1.47. The van der Waals surface area contributed by atoms with E-state index in [2.05, 4.69) is 36.9 Å². The van der Waals surface area contributed by atoms with Crippen LogP contribution in [0.5, 0.6) is 5.75 Å². The Bertz CT molecular complexity index is 1780. The zero-order chi connectivity index (χ0) is 34.8. The number of carboxylic acids is 1. The number of rotatable bonds is 2. The number of pyridine rings is 1. The molecule has 0 atom stereocenters. The van der Waals surface area contributed by atoms with Gasteiger partial charge in [-0.15, -0.1) is 0 Å². The molecule has 7 rings (SSSR count). The van der Waals surface area contributed by atoms with Crippen LogP contribution in [-0.4, -0.2) is 76.3 Å². The zero-order valence-electron chi connectivity index (χ0n) is 29.2. The molecule has 9 nitrogen and oxygen atoms in total. The molecular formula is C38H48ClN3O6. The number of aromatic nitrogens is 2. The summed E-state index contributed by atoms with van der Waals surface area (Å²) in [7, 11) is 0. The van der Waals surface area contributed by atoms with Crippen LogP contribution in [0.15, 0.2) is 42.5 Å². The predicted octanol–water partition coefficient (Wildman–Crippen LogP) is 7.44. The van der Waals surface area contributed by atoms with Crippen LogP contribution in [0.25, 0.3) is 28.0 Å². The van der Waals surface area contributed by atoms with Crippen molar-refractivity contribution < 1.29 is 29.2 Å². The topological polar surface area (TPSA) is 106 Å². The van der Waals surface area contributed by atoms with Crippen molar-refractivity contribution in [3.63, 3.8) is 0 Å². The number of hydrogen-bond donors (Lipinski definition) is 2. The number of aliphatic carboxylic acids is 1. The molecule has 3 aliphatic rings. The predicted molar refractivity (Wildman–Crippen MR) is 191 cm³/mol. The monoisotopic (exact) mass is 677 g/mol. The SMILES string of the molecule is CC(C)(C)O.Cc1ccc2c(c1)-c1cccc(c1)-c1nc3c(C)c(C)c(CC(=O)O)c(n3c1Cl)N1CCC(C)(CC1)OCCOCCO2. The summed E-state index contributed by atoms with van der Waals surface area (Å²) in [6.45, 7) is 16.7. The molecule has 48 heavy (non-hydrogen) atoms. The van der Waals surface area contributed by atoms with Crippen molar-refractivity contribution in [3.8, 4) is 28.1 Å². The molecule has 4 aromatic rings. The van der Waals surface area contributed by atoms with Gasteiger partial charge in [0, 0.05) is 29.8 Å². The smallest absolute Gasteiger partial charge is 0.307 e. The first-order valence-corrected chi connectivity index (χ1v) is 17.0. The lowest BCUT2D eigenvalue weighted by molar-refractivity contribution is -0.136. The second kappa shape index (κ2) is 14.5. The van der Waals surface area contributed by atoms with Crippen LogP contribution in [0.3, 0.4) is 0 Å². The first-order chi connectivity index (χ1) is 22.6. The highest BCUT2D eigenvalue weighted by Crippen LogP contribution is 2.41. The first-order valence-electron chi connectivity index (χ1n) is 16.6. The molecule has 5 heterocycles. The number of ether oxygens (including phenoxy) is 3. The number of anilines is 1. The lowest BCUT2D eigenvalue weighted by Gasteiger charge is -2.41. The second-order valence-electron chi connectivity index (χ2n) is 14.0. The highest BCUT2D eigenvalue weighted by Gasteiger charge is 2.34. The van der Waals surface area contributed by atoms with E-state index in [-0.39, 0.29) is 12.0 Å². The van der Waals surface area contributed by atoms with Crippen LogP contribution in [0.2, 0.25) is 5.15 Å². The lowest BCUT2D eigenvalue weighted by Crippen LogP contribution is -2.45. The number of hydrogen-bond acceptors (Lipinski definition) is 7. The molecule has 0 radical (unpaired) electrons. The molecule has 0 aliphatic carbocycles. The Balaban J connectivity index is 0.000000840. The third-order valence-electron chi connectivity index (χ3n) is 8.85. The summed E-state index contributed by atoms with van der Waals surface area (Å²) >= 11 is 7.25. The number of piperidine rings is 1. The van der Waals surface area contributed by atoms with Crippen molar-refractivity contribution in [2.75, 3.05) is 44.4 Å². The number of imidazole rings is 1. The minimum absolute atomic E-state index is 0.102. The molecule has 258 valence electrons. The fraction of sp³-hybridized carbons (Fsp3) is 0.474. The maximum Gasteiger partial charge on any atom is 0.307 e. The van der Waals surface area contributed by atoms with Gasteiger partial charge in [0.15, 0.2) is 0 Å². The Kier molecular flexibility index (Phi) is 10.7. The van der Waals surface area contributed by atoms with Gasteiger partial charge in [-0.1, -0.05) is 41.4 Å². The minimum atomic E-state index is -0.880. The maximum atomic E-state index is 12.1. The third-order valence-corrected chi connectivity index (χ3v) is 9.20. The third kappa shape index (κ3) is 8.14. The van der Waals surface area contributed by atoms with E-state index in [1.807, 2.05) is 42.5 Å². The molecule has 0 unspecified atom stereocenters. The van der Waals surface area contributed by atoms with Gasteiger partial charge in [-0.05, 0) is 96.2 Å². The number of benzene rings is 2. The molecule has 2 aromatic heterocycles. The average molecular weight is 678 g/mol. The van der Waals surface area contributed by atoms with E-state index >= 15 is 0 Å². The van der Waals surface area contributed by atoms with E-state index in [9.17, 15) is 9.90 Å². The molecular weight excluding hydrogens is 630 g/mol. The summed E-state index contributed by atoms with van der Waals surface area (Å²) in [5.74, 6) is 0.701. The van der Waals surface area contributed by atoms with Crippen LogP contribution >= 0.6 is 11.6 Å². The molecule has 2 N–H and O–H groups in total. The van der Waals surface area contributed by atoms with E-state index in [1.165, 1.54) is 0 Å². The Morgan fingerprint density at radius 1 is 0.979 bits per heavy atom. The van der Waals surface area contributed by atoms with Crippen LogP contribution in [-0.2, 0) is 20.7 Å². The Morgan fingerprint density at radius 2 is 1.65 bits per heavy atom. The van der Waals surface area contributed by atoms with Crippen molar-refractivity contribution in [2.24, 2.45) is 0 Å². The lowest BCUT2D eigenvalue weighted by atomic mass is 9.92. The van der Waals surface area contributed by atoms with Gasteiger partial charge in [-0.3, -0.25) is 9.20 Å². The van der Waals surface area contributed by atoms with Gasteiger partial charge in [-0.2, -0.15) is 0 Å². The number of carboxylic acid groups (broad SMARTS) is 1. The van der Waals surface area contributed by atoms with Crippen molar-refractivity contribution >= 4 is 29.0 Å². The molecule has 1 fully saturated rings. The van der Waals surface area contributed by atoms with Gasteiger partial charge >= 0.3 is 5.97 Å². The Morgan fingerprint density at radius 3 is 2.33 bits per heavy atom. The highest BCUT2D eigenvalue weighted by molar-refractivity contribution is 6.32. The fourth-order valence-corrected chi connectivity index (χ4v) is 6.56. The van der Waals surface area contributed by atoms with Crippen molar-refractivity contribution in [3.05, 3.63) is 69.9 Å². The van der Waals surface area contributed by atoms with Gasteiger partial charge in [0.1, 0.15) is 34.7 Å². The number of aryl methyl sites for hydroxylation is 2. The number of halogens is 1. The van der Waals surface area contributed by atoms with Crippen LogP contribution < -0.4 is 9.64 Å². The van der Waals surface area contributed by atoms with Gasteiger partial charge in [-0.25, -0.2) is 4.98 Å². The van der Waals surface area contributed by atoms with E-state index in [1.54, 1.807) is 20.8 Å². The zero-order valence-corrected chi connectivity index (χ0v) is 29.9. The normalized spacial score (nSPS) is 16.6. The Labute approximate surface area is 288 Å². The van der Waals surface area contributed by atoms with E-state index < -0.39 is 11.6 Å². The van der Waals surface area contributed by atoms with Crippen LogP contribution in [0.1, 0.15) is 62.8 Å². The summed E-state index contributed by atoms with van der Waals surface area (Å²) in [5.41, 5.74) is 7.16. The van der Waals surface area contributed by atoms with Gasteiger partial charge < -0.3 is 29.3 Å². The average Bonchev–Trinajstić information content (AvgIpc) is 3.36. The summed E-state index contributed by atoms with van der Waals surface area (Å²) in [4.78, 5) is 19.4. The van der Waals surface area contributed by atoms with E-state index in [0.29, 0.717) is 50.4 Å². The number of nitrogens with zero attached hydrogens (tertiary/aromatic N) is 3. The summed E-state index contributed by atoms with van der Waals surface area (Å²) in [6, 6.07) is 14.3. The first kappa shape index (κ1) is 35.7. The van der Waals surface area contributed by atoms with Crippen molar-refractivity contribution in [2.45, 2.75) is 78.9 Å². The number of carbonyl (C=O) groups is 1. The molecule has 10 heteroatoms. The van der Waals surface area contributed by atoms with Crippen LogP contribution in [0, 0.1) is 20.8 Å². The number of aliphatic hydroxyl groups is 1. The molecule has 2 aromatic carbocycles. The second-order valence-corrected chi connectivity index (χ2v) is 14.4. The highest BCUT2D eigenvalue weighted by atomic mass is 35.5. The fourth-order valence-electron chi connectivity index (χ4n) is 6.25. The molecule has 6 bridgehead atoms. The quantitative estimate of drug-likeness (QED) is 0.211. The van der Waals surface area contributed by atoms with Crippen molar-refractivity contribution in [1.29, 1.82) is 0 Å². The largest absolute Gasteiger partial charge is 0.491 e. The van der Waals surface area contributed by atoms with Gasteiger partial charge in [0.25, 0.3) is 0 Å². The van der Waals surface area contributed by atoms with E-state index in [4.69, 9.17) is 35.9 Å². The van der Waals surface area contributed by atoms with Gasteiger partial charge in [0.2, 0.25) is 0 Å². The minimum Gasteiger partial charge on any atom is -0.491 e. The number of fused-ring (bicyclic) bond motifs is 8. The molecule has 0 amide bonds. The molecule has 1 saturated heterocycles. The Hall–Kier alpha value is -3.63. The van der Waals surface area contributed by atoms with Gasteiger partial charge in [0.05, 0.1) is 37.4 Å². The van der Waals surface area contributed by atoms with Crippen LogP contribution in [0.4, 0.5) is 5.82 Å². The molecule has 0 spiro atoms. The standard InChI is InChI=1S/C34H38ClN3O5.C4H10O/c1-21-8-9-28-27(18-21)24-6-5-7-25(19-24)30-31(35)38-32(36-30)23(3)22(2)26(20-29(39)40)33(38)37-12-10-34(4,11-13-37)43-17-15-41-14-16-42-28;1-4(2,3)5/h5-9,18-19H,10-17,20H2,1-4H3,(H,39,40);5H,1-3H3. The molecule has 3 aliphatic heterocycles. The summed E-state index contributed by atoms with van der Waals surface area (Å²) < 4.78 is 20.3. The van der Waals surface area contributed by atoms with Crippen molar-refractivity contribution in [1.82, 2.24) is 9.38 Å².